The zero-order valence-corrected chi connectivity index (χ0v) is 22.2. The molecule has 0 rings (SSSR count). The Hall–Kier alpha value is -1.66. The van der Waals surface area contributed by atoms with Crippen LogP contribution in [0.4, 0.5) is 0 Å². The van der Waals surface area contributed by atoms with E-state index in [2.05, 4.69) is 13.2 Å². The van der Waals surface area contributed by atoms with Crippen molar-refractivity contribution in [3.05, 3.63) is 24.3 Å². The van der Waals surface area contributed by atoms with Gasteiger partial charge in [0.1, 0.15) is 0 Å². The minimum absolute atomic E-state index is 0.176. The van der Waals surface area contributed by atoms with Gasteiger partial charge in [0, 0.05) is 24.4 Å². The van der Waals surface area contributed by atoms with E-state index in [1.165, 1.54) is 117 Å². The van der Waals surface area contributed by atoms with Crippen LogP contribution >= 0.6 is 0 Å². The second kappa shape index (κ2) is 31.3. The number of hydrogen-bond donors (Lipinski definition) is 4. The molecule has 0 aliphatic rings. The Morgan fingerprint density at radius 1 is 0.441 bits per heavy atom. The molecule has 0 aromatic rings. The van der Waals surface area contributed by atoms with Gasteiger partial charge in [-0.2, -0.15) is 0 Å². The molecule has 0 fully saturated rings. The summed E-state index contributed by atoms with van der Waals surface area (Å²) >= 11 is 0. The fourth-order valence-corrected chi connectivity index (χ4v) is 3.05. The maximum absolute atomic E-state index is 9.60. The van der Waals surface area contributed by atoms with E-state index >= 15 is 0 Å². The number of unbranched alkanes of at least 4 members (excludes halogenated alkanes) is 17. The number of rotatable bonds is 21. The van der Waals surface area contributed by atoms with Crippen LogP contribution in [0.25, 0.3) is 0 Å². The molecule has 34 heavy (non-hydrogen) atoms. The van der Waals surface area contributed by atoms with E-state index in [9.17, 15) is 9.59 Å². The molecule has 0 atom stereocenters. The summed E-state index contributed by atoms with van der Waals surface area (Å²) in [6.45, 7) is 9.93. The van der Waals surface area contributed by atoms with E-state index in [1.54, 1.807) is 0 Å². The van der Waals surface area contributed by atoms with Gasteiger partial charge in [-0.15, -0.1) is 0 Å². The standard InChI is InChI=1S/C20H42O2.2C4H6O2/c21-19-17-15-13-11-9-7-5-3-1-2-4-6-8-10-12-14-16-18-20-22;2*1-3(2)4(5)6/h21-22H,1-20H2;2*1H2,2H3,(H,5,6). The minimum atomic E-state index is -0.935. The molecule has 0 bridgehead atoms. The zero-order chi connectivity index (χ0) is 26.5. The average Bonchev–Trinajstić information content (AvgIpc) is 2.79. The van der Waals surface area contributed by atoms with Crippen molar-refractivity contribution < 1.29 is 30.0 Å². The van der Waals surface area contributed by atoms with Gasteiger partial charge >= 0.3 is 11.9 Å². The molecule has 0 radical (unpaired) electrons. The fraction of sp³-hybridized carbons (Fsp3) is 0.786. The molecule has 0 aliphatic heterocycles. The minimum Gasteiger partial charge on any atom is -0.478 e. The van der Waals surface area contributed by atoms with Gasteiger partial charge in [0.25, 0.3) is 0 Å². The second-order valence-corrected chi connectivity index (χ2v) is 8.98. The lowest BCUT2D eigenvalue weighted by molar-refractivity contribution is -0.133. The van der Waals surface area contributed by atoms with E-state index in [1.807, 2.05) is 0 Å². The maximum Gasteiger partial charge on any atom is 0.330 e. The molecule has 0 saturated carbocycles. The quantitative estimate of drug-likeness (QED) is 0.1000. The Kier molecular flexibility index (Phi) is 34.0. The van der Waals surface area contributed by atoms with Gasteiger partial charge in [-0.05, 0) is 26.7 Å². The molecule has 0 aliphatic carbocycles. The Labute approximate surface area is 209 Å². The smallest absolute Gasteiger partial charge is 0.330 e. The van der Waals surface area contributed by atoms with Gasteiger partial charge in [0.15, 0.2) is 0 Å². The highest BCUT2D eigenvalue weighted by Crippen LogP contribution is 2.14. The first-order valence-corrected chi connectivity index (χ1v) is 13.2. The molecule has 4 N–H and O–H groups in total. The number of carboxylic acid groups (broad SMARTS) is 2. The molecule has 0 amide bonds. The van der Waals surface area contributed by atoms with Gasteiger partial charge in [0.2, 0.25) is 0 Å². The molecule has 6 heteroatoms. The Balaban J connectivity index is -0.000000653. The third-order valence-electron chi connectivity index (χ3n) is 5.30. The van der Waals surface area contributed by atoms with E-state index in [4.69, 9.17) is 20.4 Å². The molecule has 0 aromatic carbocycles. The number of carboxylic acids is 2. The SMILES string of the molecule is C=C(C)C(=O)O.C=C(C)C(=O)O.OCCCCCCCCCCCCCCCCCCCCO. The molecule has 0 heterocycles. The summed E-state index contributed by atoms with van der Waals surface area (Å²) in [4.78, 5) is 19.2. The number of aliphatic hydroxyl groups is 2. The molecule has 0 saturated heterocycles. The third-order valence-corrected chi connectivity index (χ3v) is 5.30. The van der Waals surface area contributed by atoms with Crippen LogP contribution in [-0.4, -0.2) is 45.6 Å². The monoisotopic (exact) mass is 486 g/mol. The molecule has 0 spiro atoms. The van der Waals surface area contributed by atoms with Gasteiger partial charge in [0.05, 0.1) is 0 Å². The first kappa shape index (κ1) is 36.9. The highest BCUT2D eigenvalue weighted by Gasteiger charge is 1.95. The van der Waals surface area contributed by atoms with Gasteiger partial charge in [-0.3, -0.25) is 0 Å². The van der Waals surface area contributed by atoms with Crippen LogP contribution in [-0.2, 0) is 9.59 Å². The first-order chi connectivity index (χ1) is 16.2. The molecule has 202 valence electrons. The summed E-state index contributed by atoms with van der Waals surface area (Å²) in [6.07, 6.45) is 23.9. The maximum atomic E-state index is 9.60. The van der Waals surface area contributed by atoms with Gasteiger partial charge in [-0.1, -0.05) is 116 Å². The van der Waals surface area contributed by atoms with Crippen LogP contribution in [0.5, 0.6) is 0 Å². The van der Waals surface area contributed by atoms with Crippen molar-refractivity contribution in [2.45, 2.75) is 129 Å². The molecule has 0 aromatic heterocycles. The van der Waals surface area contributed by atoms with Crippen molar-refractivity contribution in [1.82, 2.24) is 0 Å². The number of hydrogen-bond acceptors (Lipinski definition) is 4. The van der Waals surface area contributed by atoms with Crippen LogP contribution in [0, 0.1) is 0 Å². The summed E-state index contributed by atoms with van der Waals surface area (Å²) in [5, 5.41) is 33.2. The van der Waals surface area contributed by atoms with Gasteiger partial charge in [-0.25, -0.2) is 9.59 Å². The van der Waals surface area contributed by atoms with Crippen LogP contribution in [0.1, 0.15) is 129 Å². The van der Waals surface area contributed by atoms with Gasteiger partial charge < -0.3 is 20.4 Å². The van der Waals surface area contributed by atoms with E-state index in [0.29, 0.717) is 13.2 Å². The number of aliphatic hydroxyl groups excluding tert-OH is 2. The molecule has 0 unspecified atom stereocenters. The first-order valence-electron chi connectivity index (χ1n) is 13.2. The lowest BCUT2D eigenvalue weighted by Gasteiger charge is -2.03. The topological polar surface area (TPSA) is 115 Å². The van der Waals surface area contributed by atoms with Crippen LogP contribution in [0.2, 0.25) is 0 Å². The van der Waals surface area contributed by atoms with Crippen LogP contribution in [0.3, 0.4) is 0 Å². The highest BCUT2D eigenvalue weighted by molar-refractivity contribution is 5.85. The van der Waals surface area contributed by atoms with Crippen molar-refractivity contribution in [2.24, 2.45) is 0 Å². The largest absolute Gasteiger partial charge is 0.478 e. The summed E-state index contributed by atoms with van der Waals surface area (Å²) < 4.78 is 0. The number of carbonyl (C=O) groups is 2. The predicted octanol–water partition coefficient (Wildman–Crippen LogP) is 7.29. The van der Waals surface area contributed by atoms with Crippen molar-refractivity contribution in [1.29, 1.82) is 0 Å². The summed E-state index contributed by atoms with van der Waals surface area (Å²) in [7, 11) is 0. The van der Waals surface area contributed by atoms with E-state index < -0.39 is 11.9 Å². The Morgan fingerprint density at radius 2 is 0.559 bits per heavy atom. The van der Waals surface area contributed by atoms with Crippen molar-refractivity contribution in [3.63, 3.8) is 0 Å². The Bertz CT molecular complexity index is 419. The fourth-order valence-electron chi connectivity index (χ4n) is 3.05. The summed E-state index contributed by atoms with van der Waals surface area (Å²) in [6, 6.07) is 0. The zero-order valence-electron chi connectivity index (χ0n) is 22.2. The van der Waals surface area contributed by atoms with Crippen LogP contribution in [0.15, 0.2) is 24.3 Å². The summed E-state index contributed by atoms with van der Waals surface area (Å²) in [5.74, 6) is -1.87. The predicted molar refractivity (Wildman–Crippen MR) is 142 cm³/mol. The van der Waals surface area contributed by atoms with Crippen molar-refractivity contribution in [2.75, 3.05) is 13.2 Å². The lowest BCUT2D eigenvalue weighted by Crippen LogP contribution is -1.92. The highest BCUT2D eigenvalue weighted by atomic mass is 16.4. The second-order valence-electron chi connectivity index (χ2n) is 8.98. The average molecular weight is 487 g/mol. The lowest BCUT2D eigenvalue weighted by atomic mass is 10.0. The van der Waals surface area contributed by atoms with E-state index in [0.717, 1.165) is 12.8 Å². The molecular formula is C28H54O6. The molecule has 6 nitrogen and oxygen atoms in total. The van der Waals surface area contributed by atoms with Crippen molar-refractivity contribution >= 4 is 11.9 Å². The number of aliphatic carboxylic acids is 2. The van der Waals surface area contributed by atoms with E-state index in [-0.39, 0.29) is 11.1 Å². The third kappa shape index (κ3) is 40.7. The van der Waals surface area contributed by atoms with Crippen LogP contribution < -0.4 is 0 Å². The Morgan fingerprint density at radius 3 is 0.647 bits per heavy atom. The van der Waals surface area contributed by atoms with Crippen molar-refractivity contribution in [3.8, 4) is 0 Å². The molecular weight excluding hydrogens is 432 g/mol. The summed E-state index contributed by atoms with van der Waals surface area (Å²) in [5.41, 5.74) is 0.352. The normalized spacial score (nSPS) is 9.88.